The molecule has 6 heteroatoms. The van der Waals surface area contributed by atoms with E-state index in [-0.39, 0.29) is 17.2 Å². The molecular weight excluding hydrogens is 348 g/mol. The summed E-state index contributed by atoms with van der Waals surface area (Å²) in [6, 6.07) is 7.10. The van der Waals surface area contributed by atoms with Crippen LogP contribution in [0.1, 0.15) is 55.3 Å². The van der Waals surface area contributed by atoms with Crippen molar-refractivity contribution in [2.24, 2.45) is 17.8 Å². The number of nitrogens with zero attached hydrogens (tertiary/aromatic N) is 1. The van der Waals surface area contributed by atoms with Crippen molar-refractivity contribution in [2.75, 3.05) is 16.6 Å². The van der Waals surface area contributed by atoms with Crippen LogP contribution in [0.3, 0.4) is 0 Å². The molecule has 0 atom stereocenters. The third-order valence-corrected chi connectivity index (χ3v) is 8.78. The zero-order valence-electron chi connectivity index (χ0n) is 15.0. The lowest BCUT2D eigenvalue weighted by molar-refractivity contribution is -0.0167. The lowest BCUT2D eigenvalue weighted by Crippen LogP contribution is -2.59. The van der Waals surface area contributed by atoms with Crippen molar-refractivity contribution in [1.29, 1.82) is 0 Å². The van der Waals surface area contributed by atoms with Crippen LogP contribution in [-0.2, 0) is 10.0 Å². The van der Waals surface area contributed by atoms with Gasteiger partial charge in [-0.3, -0.25) is 9.10 Å². The summed E-state index contributed by atoms with van der Waals surface area (Å²) >= 11 is 0. The second kappa shape index (κ2) is 5.72. The van der Waals surface area contributed by atoms with Gasteiger partial charge in [0, 0.05) is 17.6 Å². The predicted octanol–water partition coefficient (Wildman–Crippen LogP) is 2.93. The number of hydrogen-bond donors (Lipinski definition) is 1. The molecule has 4 bridgehead atoms. The Morgan fingerprint density at radius 3 is 2.31 bits per heavy atom. The van der Waals surface area contributed by atoms with Gasteiger partial charge in [-0.25, -0.2) is 8.42 Å². The van der Waals surface area contributed by atoms with Gasteiger partial charge in [-0.15, -0.1) is 0 Å². The molecule has 6 rings (SSSR count). The van der Waals surface area contributed by atoms with Gasteiger partial charge in [0.15, 0.2) is 0 Å². The van der Waals surface area contributed by atoms with Crippen molar-refractivity contribution < 1.29 is 13.2 Å². The summed E-state index contributed by atoms with van der Waals surface area (Å²) in [6.45, 7) is 0.502. The Bertz CT molecular complexity index is 813. The second-order valence-corrected chi connectivity index (χ2v) is 11.0. The monoisotopic (exact) mass is 374 g/mol. The Kier molecular flexibility index (Phi) is 3.65. The van der Waals surface area contributed by atoms with Crippen molar-refractivity contribution >= 4 is 21.6 Å². The molecule has 5 nitrogen and oxygen atoms in total. The molecule has 140 valence electrons. The van der Waals surface area contributed by atoms with Crippen LogP contribution in [0.25, 0.3) is 0 Å². The van der Waals surface area contributed by atoms with Gasteiger partial charge in [0.25, 0.3) is 5.91 Å². The van der Waals surface area contributed by atoms with Gasteiger partial charge >= 0.3 is 0 Å². The molecule has 1 heterocycles. The van der Waals surface area contributed by atoms with Crippen LogP contribution in [0.2, 0.25) is 0 Å². The largest absolute Gasteiger partial charge is 0.347 e. The zero-order valence-corrected chi connectivity index (χ0v) is 15.8. The third-order valence-electron chi connectivity index (χ3n) is 6.91. The predicted molar refractivity (Wildman–Crippen MR) is 101 cm³/mol. The van der Waals surface area contributed by atoms with E-state index in [0.29, 0.717) is 24.2 Å². The normalized spacial score (nSPS) is 37.1. The first kappa shape index (κ1) is 16.6. The molecule has 4 aliphatic carbocycles. The van der Waals surface area contributed by atoms with Crippen LogP contribution in [0.15, 0.2) is 24.3 Å². The quantitative estimate of drug-likeness (QED) is 0.885. The highest BCUT2D eigenvalue weighted by molar-refractivity contribution is 7.93. The van der Waals surface area contributed by atoms with Crippen molar-refractivity contribution in [3.05, 3.63) is 29.8 Å². The van der Waals surface area contributed by atoms with Crippen LogP contribution in [0.4, 0.5) is 5.69 Å². The molecule has 5 fully saturated rings. The van der Waals surface area contributed by atoms with Gasteiger partial charge in [0.1, 0.15) is 0 Å². The molecule has 1 saturated heterocycles. The van der Waals surface area contributed by atoms with Gasteiger partial charge in [0.05, 0.1) is 11.4 Å². The van der Waals surface area contributed by atoms with Gasteiger partial charge in [-0.2, -0.15) is 0 Å². The molecule has 1 amide bonds. The topological polar surface area (TPSA) is 66.5 Å². The first-order valence-corrected chi connectivity index (χ1v) is 11.5. The van der Waals surface area contributed by atoms with E-state index in [4.69, 9.17) is 0 Å². The number of rotatable bonds is 3. The van der Waals surface area contributed by atoms with Crippen LogP contribution in [0.5, 0.6) is 0 Å². The lowest BCUT2D eigenvalue weighted by atomic mass is 9.53. The van der Waals surface area contributed by atoms with E-state index in [0.717, 1.165) is 37.0 Å². The summed E-state index contributed by atoms with van der Waals surface area (Å²) in [5.41, 5.74) is 1.16. The number of anilines is 1. The van der Waals surface area contributed by atoms with E-state index in [9.17, 15) is 13.2 Å². The molecule has 0 radical (unpaired) electrons. The number of benzene rings is 1. The number of nitrogens with one attached hydrogen (secondary N) is 1. The van der Waals surface area contributed by atoms with Crippen molar-refractivity contribution in [2.45, 2.75) is 50.5 Å². The van der Waals surface area contributed by atoms with Gasteiger partial charge < -0.3 is 5.32 Å². The third kappa shape index (κ3) is 2.73. The minimum absolute atomic E-state index is 0.0262. The first-order chi connectivity index (χ1) is 12.4. The van der Waals surface area contributed by atoms with Crippen molar-refractivity contribution in [3.8, 4) is 0 Å². The molecule has 5 aliphatic rings. The second-order valence-electron chi connectivity index (χ2n) is 8.94. The van der Waals surface area contributed by atoms with Gasteiger partial charge in [0.2, 0.25) is 10.0 Å². The van der Waals surface area contributed by atoms with E-state index in [1.807, 2.05) is 0 Å². The van der Waals surface area contributed by atoms with Crippen molar-refractivity contribution in [3.63, 3.8) is 0 Å². The van der Waals surface area contributed by atoms with Crippen LogP contribution >= 0.6 is 0 Å². The summed E-state index contributed by atoms with van der Waals surface area (Å²) in [5, 5.41) is 3.37. The molecule has 0 aromatic heterocycles. The van der Waals surface area contributed by atoms with Crippen LogP contribution in [0, 0.1) is 17.8 Å². The number of hydrogen-bond acceptors (Lipinski definition) is 3. The zero-order chi connectivity index (χ0) is 17.9. The Labute approximate surface area is 155 Å². The molecule has 26 heavy (non-hydrogen) atoms. The van der Waals surface area contributed by atoms with Crippen molar-refractivity contribution in [1.82, 2.24) is 5.32 Å². The van der Waals surface area contributed by atoms with E-state index in [1.54, 1.807) is 24.3 Å². The molecule has 1 aromatic carbocycles. The highest BCUT2D eigenvalue weighted by Gasteiger charge is 2.51. The van der Waals surface area contributed by atoms with Gasteiger partial charge in [-0.1, -0.05) is 6.07 Å². The SMILES string of the molecule is O=C(NC12CC3CC(CC(C3)C1)C2)c1cccc(N2CCCS2(=O)=O)c1. The van der Waals surface area contributed by atoms with Crippen LogP contribution < -0.4 is 9.62 Å². The molecule has 0 unspecified atom stereocenters. The maximum Gasteiger partial charge on any atom is 0.251 e. The summed E-state index contributed by atoms with van der Waals surface area (Å²) < 4.78 is 25.8. The lowest BCUT2D eigenvalue weighted by Gasteiger charge is -2.56. The molecule has 0 spiro atoms. The highest BCUT2D eigenvalue weighted by Crippen LogP contribution is 2.55. The minimum Gasteiger partial charge on any atom is -0.347 e. The smallest absolute Gasteiger partial charge is 0.251 e. The fraction of sp³-hybridized carbons (Fsp3) is 0.650. The van der Waals surface area contributed by atoms with E-state index >= 15 is 0 Å². The maximum atomic E-state index is 13.0. The fourth-order valence-electron chi connectivity index (χ4n) is 6.31. The molecule has 1 N–H and O–H groups in total. The average Bonchev–Trinajstić information content (AvgIpc) is 2.92. The summed E-state index contributed by atoms with van der Waals surface area (Å²) in [6.07, 6.45) is 8.03. The number of carbonyl (C=O) groups is 1. The molecule has 1 aromatic rings. The first-order valence-electron chi connectivity index (χ1n) is 9.85. The fourth-order valence-corrected chi connectivity index (χ4v) is 7.86. The number of sulfonamides is 1. The summed E-state index contributed by atoms with van der Waals surface area (Å²) in [7, 11) is -3.22. The highest BCUT2D eigenvalue weighted by atomic mass is 32.2. The number of amides is 1. The molecule has 4 saturated carbocycles. The summed E-state index contributed by atoms with van der Waals surface area (Å²) in [4.78, 5) is 13.0. The van der Waals surface area contributed by atoms with E-state index in [1.165, 1.54) is 23.6 Å². The minimum atomic E-state index is -3.22. The average molecular weight is 375 g/mol. The van der Waals surface area contributed by atoms with E-state index < -0.39 is 10.0 Å². The Morgan fingerprint density at radius 1 is 1.08 bits per heavy atom. The Hall–Kier alpha value is -1.56. The number of carbonyl (C=O) groups excluding carboxylic acids is 1. The molecular formula is C20H26N2O3S. The van der Waals surface area contributed by atoms with Gasteiger partial charge in [-0.05, 0) is 80.9 Å². The maximum absolute atomic E-state index is 13.0. The van der Waals surface area contributed by atoms with Crippen LogP contribution in [-0.4, -0.2) is 32.2 Å². The van der Waals surface area contributed by atoms with E-state index in [2.05, 4.69) is 5.32 Å². The Morgan fingerprint density at radius 2 is 1.73 bits per heavy atom. The standard InChI is InChI=1S/C20H26N2O3S/c23-19(21-20-11-14-7-15(12-20)9-16(8-14)13-20)17-3-1-4-18(10-17)22-5-2-6-26(22,24)25/h1,3-4,10,14-16H,2,5-9,11-13H2,(H,21,23). The summed E-state index contributed by atoms with van der Waals surface area (Å²) in [5.74, 6) is 2.48. The Balaban J connectivity index is 1.37. The molecule has 1 aliphatic heterocycles.